The highest BCUT2D eigenvalue weighted by Gasteiger charge is 2.74. The van der Waals surface area contributed by atoms with Crippen LogP contribution in [0.25, 0.3) is 11.0 Å². The summed E-state index contributed by atoms with van der Waals surface area (Å²) in [6.07, 6.45) is 6.83. The van der Waals surface area contributed by atoms with Crippen molar-refractivity contribution in [1.29, 1.82) is 0 Å². The molecule has 6 rings (SSSR count). The van der Waals surface area contributed by atoms with Gasteiger partial charge in [-0.05, 0) is 37.8 Å². The smallest absolute Gasteiger partial charge is 0.313 e. The van der Waals surface area contributed by atoms with Gasteiger partial charge in [-0.25, -0.2) is 4.68 Å². The van der Waals surface area contributed by atoms with Gasteiger partial charge in [0.2, 0.25) is 11.8 Å². The average Bonchev–Trinajstić information content (AvgIpc) is 3.76. The summed E-state index contributed by atoms with van der Waals surface area (Å²) in [5, 5.41) is 21.9. The van der Waals surface area contributed by atoms with Gasteiger partial charge in [0.15, 0.2) is 0 Å². The van der Waals surface area contributed by atoms with Crippen LogP contribution in [0.2, 0.25) is 0 Å². The lowest BCUT2D eigenvalue weighted by molar-refractivity contribution is -0.159. The molecule has 1 aromatic heterocycles. The molecule has 2 saturated heterocycles. The number of nitrogens with zero attached hydrogens (tertiary/aromatic N) is 5. The summed E-state index contributed by atoms with van der Waals surface area (Å²) in [5.41, 5.74) is -0.0282. The molecule has 0 radical (unpaired) electrons. The highest BCUT2D eigenvalue weighted by molar-refractivity contribution is 5.99. The fourth-order valence-corrected chi connectivity index (χ4v) is 7.14. The summed E-state index contributed by atoms with van der Waals surface area (Å²) in [6, 6.07) is 5.58. The maximum absolute atomic E-state index is 14.9. The number of cyclic esters (lactones) is 1. The molecular weight excluding hydrogens is 580 g/mol. The van der Waals surface area contributed by atoms with E-state index in [-0.39, 0.29) is 44.6 Å². The molecule has 0 unspecified atom stereocenters. The van der Waals surface area contributed by atoms with Crippen LogP contribution >= 0.6 is 0 Å². The molecule has 1 aromatic carbocycles. The molecule has 2 fully saturated rings. The molecule has 5 bridgehead atoms. The molecule has 45 heavy (non-hydrogen) atoms. The first-order valence-electron chi connectivity index (χ1n) is 15.6. The van der Waals surface area contributed by atoms with Crippen LogP contribution in [0, 0.1) is 17.8 Å². The van der Waals surface area contributed by atoms with E-state index in [2.05, 4.69) is 15.6 Å². The largest absolute Gasteiger partial charge is 0.460 e. The van der Waals surface area contributed by atoms with Gasteiger partial charge >= 0.3 is 5.97 Å². The summed E-state index contributed by atoms with van der Waals surface area (Å²) in [4.78, 5) is 58.4. The van der Waals surface area contributed by atoms with E-state index in [0.717, 1.165) is 5.52 Å². The molecular formula is C32H40N6O7. The Morgan fingerprint density at radius 3 is 2.71 bits per heavy atom. The number of para-hydroxylation sites is 1. The summed E-state index contributed by atoms with van der Waals surface area (Å²) in [6.45, 7) is 5.59. The molecule has 13 heteroatoms. The van der Waals surface area contributed by atoms with E-state index in [9.17, 15) is 24.3 Å². The SMILES string of the molecule is CC(C)C[C@H](CO)N1C(=O)[C@@H]2[C@H]3C(=O)O[C@@H](C)CNC(=O)CC/C=C\CN(Cn4nnc5ccccc54)C(=O)[C@@H]1[C@]21C=C[C@H]3O1. The third kappa shape index (κ3) is 5.52. The Morgan fingerprint density at radius 1 is 1.13 bits per heavy atom. The van der Waals surface area contributed by atoms with Crippen molar-refractivity contribution in [3.8, 4) is 0 Å². The van der Waals surface area contributed by atoms with E-state index < -0.39 is 59.5 Å². The number of hydrogen-bond donors (Lipinski definition) is 2. The van der Waals surface area contributed by atoms with Gasteiger partial charge in [-0.3, -0.25) is 19.2 Å². The van der Waals surface area contributed by atoms with Crippen LogP contribution in [-0.4, -0.2) is 103 Å². The van der Waals surface area contributed by atoms with Crippen LogP contribution in [0.15, 0.2) is 48.6 Å². The highest BCUT2D eigenvalue weighted by atomic mass is 16.6. The van der Waals surface area contributed by atoms with Crippen LogP contribution in [0.3, 0.4) is 0 Å². The van der Waals surface area contributed by atoms with Gasteiger partial charge in [0.25, 0.3) is 5.91 Å². The van der Waals surface area contributed by atoms with Crippen molar-refractivity contribution < 1.29 is 33.8 Å². The summed E-state index contributed by atoms with van der Waals surface area (Å²) in [5.74, 6) is -3.54. The molecule has 4 aliphatic heterocycles. The van der Waals surface area contributed by atoms with Crippen molar-refractivity contribution in [1.82, 2.24) is 30.1 Å². The Hall–Kier alpha value is -4.10. The van der Waals surface area contributed by atoms with Crippen LogP contribution in [0.1, 0.15) is 40.0 Å². The number of amides is 3. The first-order valence-corrected chi connectivity index (χ1v) is 15.6. The lowest BCUT2D eigenvalue weighted by Gasteiger charge is -2.39. The number of nitrogens with one attached hydrogen (secondary N) is 1. The first kappa shape index (κ1) is 30.9. The molecule has 7 atom stereocenters. The predicted octanol–water partition coefficient (Wildman–Crippen LogP) is 1.17. The number of ether oxygens (including phenoxy) is 2. The molecule has 240 valence electrons. The fraction of sp³-hybridized carbons (Fsp3) is 0.562. The van der Waals surface area contributed by atoms with E-state index >= 15 is 0 Å². The summed E-state index contributed by atoms with van der Waals surface area (Å²) in [7, 11) is 0. The average molecular weight is 621 g/mol. The molecule has 0 saturated carbocycles. The number of aliphatic hydroxyl groups is 1. The number of fused-ring (bicyclic) bond motifs is 3. The Kier molecular flexibility index (Phi) is 8.49. The number of esters is 1. The molecule has 1 spiro atoms. The van der Waals surface area contributed by atoms with Gasteiger partial charge in [0, 0.05) is 13.0 Å². The Morgan fingerprint density at radius 2 is 1.93 bits per heavy atom. The molecule has 2 N–H and O–H groups in total. The standard InChI is InChI=1S/C32H40N6O7/c1-19(2)15-21(17-39)38-28-30(42)36(18-37-23-10-7-6-9-22(23)34-35-37)14-8-4-5-11-25(40)33-16-20(3)44-31(43)26-24-12-13-32(28,45-24)27(26)29(38)41/h4,6-10,12-13,19-21,24,26-28,39H,5,11,14-18H2,1-3H3,(H,33,40)/b8-4-/t20-,21+,24+,26-,27-,28+,32-/m0/s1. The minimum absolute atomic E-state index is 0.0214. The second-order valence-electron chi connectivity index (χ2n) is 12.8. The molecule has 5 heterocycles. The molecule has 4 aliphatic rings. The highest BCUT2D eigenvalue weighted by Crippen LogP contribution is 2.56. The van der Waals surface area contributed by atoms with Gasteiger partial charge < -0.3 is 29.7 Å². The number of aliphatic hydroxyl groups excluding tert-OH is 1. The monoisotopic (exact) mass is 620 g/mol. The van der Waals surface area contributed by atoms with Gasteiger partial charge in [-0.15, -0.1) is 5.10 Å². The van der Waals surface area contributed by atoms with E-state index in [1.165, 1.54) is 4.90 Å². The zero-order valence-electron chi connectivity index (χ0n) is 25.7. The minimum atomic E-state index is -1.43. The number of benzene rings is 1. The van der Waals surface area contributed by atoms with Crippen LogP contribution < -0.4 is 5.32 Å². The maximum atomic E-state index is 14.9. The number of allylic oxidation sites excluding steroid dienone is 1. The molecule has 13 nitrogen and oxygen atoms in total. The third-order valence-corrected chi connectivity index (χ3v) is 9.14. The third-order valence-electron chi connectivity index (χ3n) is 9.14. The van der Waals surface area contributed by atoms with E-state index in [1.54, 1.807) is 28.7 Å². The maximum Gasteiger partial charge on any atom is 0.313 e. The number of hydrogen-bond acceptors (Lipinski definition) is 9. The topological polar surface area (TPSA) is 156 Å². The molecule has 3 amide bonds. The number of carbonyl (C=O) groups excluding carboxylic acids is 4. The first-order chi connectivity index (χ1) is 21.6. The molecule has 0 aliphatic carbocycles. The predicted molar refractivity (Wildman–Crippen MR) is 161 cm³/mol. The zero-order chi connectivity index (χ0) is 31.9. The second kappa shape index (κ2) is 12.4. The Labute approximate surface area is 261 Å². The van der Waals surface area contributed by atoms with Crippen molar-refractivity contribution in [3.63, 3.8) is 0 Å². The second-order valence-corrected chi connectivity index (χ2v) is 12.8. The Bertz CT molecular complexity index is 1540. The zero-order valence-corrected chi connectivity index (χ0v) is 25.7. The van der Waals surface area contributed by atoms with Gasteiger partial charge in [-0.2, -0.15) is 0 Å². The van der Waals surface area contributed by atoms with Crippen LogP contribution in [0.4, 0.5) is 0 Å². The van der Waals surface area contributed by atoms with Gasteiger partial charge in [0.05, 0.1) is 36.7 Å². The van der Waals surface area contributed by atoms with Crippen LogP contribution in [-0.2, 0) is 35.3 Å². The normalized spacial score (nSPS) is 31.9. The lowest BCUT2D eigenvalue weighted by Crippen LogP contribution is -2.58. The van der Waals surface area contributed by atoms with Crippen molar-refractivity contribution in [2.24, 2.45) is 17.8 Å². The van der Waals surface area contributed by atoms with E-state index in [4.69, 9.17) is 9.47 Å². The summed E-state index contributed by atoms with van der Waals surface area (Å²) >= 11 is 0. The van der Waals surface area contributed by atoms with Crippen molar-refractivity contribution in [2.45, 2.75) is 76.6 Å². The Balaban J connectivity index is 1.44. The number of likely N-dealkylation sites (tertiary alicyclic amines) is 1. The fourth-order valence-electron chi connectivity index (χ4n) is 7.14. The number of aromatic nitrogens is 3. The van der Waals surface area contributed by atoms with Gasteiger partial charge in [0.1, 0.15) is 35.9 Å². The van der Waals surface area contributed by atoms with Gasteiger partial charge in [-0.1, -0.05) is 55.5 Å². The quantitative estimate of drug-likeness (QED) is 0.358. The molecule has 2 aromatic rings. The number of rotatable bonds is 6. The van der Waals surface area contributed by atoms with Crippen molar-refractivity contribution in [3.05, 3.63) is 48.6 Å². The minimum Gasteiger partial charge on any atom is -0.460 e. The van der Waals surface area contributed by atoms with Crippen LogP contribution in [0.5, 0.6) is 0 Å². The lowest BCUT2D eigenvalue weighted by atomic mass is 9.74. The summed E-state index contributed by atoms with van der Waals surface area (Å²) < 4.78 is 13.8. The number of carbonyl (C=O) groups is 4. The van der Waals surface area contributed by atoms with Crippen molar-refractivity contribution in [2.75, 3.05) is 19.7 Å². The van der Waals surface area contributed by atoms with E-state index in [0.29, 0.717) is 18.4 Å². The van der Waals surface area contributed by atoms with Crippen molar-refractivity contribution >= 4 is 34.7 Å². The van der Waals surface area contributed by atoms with E-state index in [1.807, 2.05) is 50.3 Å².